The summed E-state index contributed by atoms with van der Waals surface area (Å²) in [7, 11) is 1.78. The molecule has 0 fully saturated rings. The minimum atomic E-state index is -0.196. The number of hydrogen-bond acceptors (Lipinski definition) is 2. The first-order valence-electron chi connectivity index (χ1n) is 6.43. The normalized spacial score (nSPS) is 10.6. The number of nitrogens with one attached hydrogen (secondary N) is 1. The predicted molar refractivity (Wildman–Crippen MR) is 80.2 cm³/mol. The quantitative estimate of drug-likeness (QED) is 0.890. The maximum absolute atomic E-state index is 12.1. The van der Waals surface area contributed by atoms with Crippen LogP contribution in [0.1, 0.15) is 22.5 Å². The van der Waals surface area contributed by atoms with Gasteiger partial charge in [-0.2, -0.15) is 0 Å². The summed E-state index contributed by atoms with van der Waals surface area (Å²) >= 11 is 5.87. The van der Waals surface area contributed by atoms with E-state index in [1.165, 1.54) is 0 Å². The van der Waals surface area contributed by atoms with Gasteiger partial charge in [0.05, 0.1) is 5.02 Å². The van der Waals surface area contributed by atoms with E-state index in [1.807, 2.05) is 24.3 Å². The molecular weight excluding hydrogens is 276 g/mol. The van der Waals surface area contributed by atoms with Crippen molar-refractivity contribution in [2.45, 2.75) is 12.8 Å². The average Bonchev–Trinajstić information content (AvgIpc) is 2.76. The zero-order chi connectivity index (χ0) is 14.5. The van der Waals surface area contributed by atoms with E-state index in [0.717, 1.165) is 17.7 Å². The Kier molecular flexibility index (Phi) is 4.82. The first kappa shape index (κ1) is 14.6. The monoisotopic (exact) mass is 292 g/mol. The highest BCUT2D eigenvalue weighted by Gasteiger charge is 2.11. The zero-order valence-electron chi connectivity index (χ0n) is 11.3. The van der Waals surface area contributed by atoms with Crippen LogP contribution in [-0.4, -0.2) is 22.2 Å². The van der Waals surface area contributed by atoms with E-state index in [9.17, 15) is 4.79 Å². The van der Waals surface area contributed by atoms with Crippen LogP contribution in [0.2, 0.25) is 5.02 Å². The molecule has 0 saturated heterocycles. The molecule has 4 nitrogen and oxygen atoms in total. The van der Waals surface area contributed by atoms with Gasteiger partial charge in [0.15, 0.2) is 0 Å². The Bertz CT molecular complexity index is 608. The molecule has 0 unspecified atom stereocenters. The van der Waals surface area contributed by atoms with Crippen LogP contribution < -0.4 is 5.32 Å². The second-order valence-corrected chi connectivity index (χ2v) is 5.07. The van der Waals surface area contributed by atoms with Crippen molar-refractivity contribution in [1.29, 1.82) is 0 Å². The van der Waals surface area contributed by atoms with Crippen LogP contribution in [-0.2, 0) is 13.5 Å². The summed E-state index contributed by atoms with van der Waals surface area (Å²) in [5.74, 6) is -0.196. The number of aliphatic hydroxyl groups excluding tert-OH is 1. The number of carbonyl (C=O) groups excluding carboxylic acids is 1. The van der Waals surface area contributed by atoms with Gasteiger partial charge in [-0.05, 0) is 36.6 Å². The molecule has 0 radical (unpaired) electrons. The number of hydrogen-bond donors (Lipinski definition) is 2. The van der Waals surface area contributed by atoms with Crippen LogP contribution in [0.5, 0.6) is 0 Å². The molecule has 5 heteroatoms. The highest BCUT2D eigenvalue weighted by Crippen LogP contribution is 2.16. The fraction of sp³-hybridized carbons (Fsp3) is 0.267. The molecule has 1 heterocycles. The van der Waals surface area contributed by atoms with Gasteiger partial charge in [-0.25, -0.2) is 0 Å². The molecule has 0 spiro atoms. The van der Waals surface area contributed by atoms with Gasteiger partial charge in [0, 0.05) is 25.5 Å². The summed E-state index contributed by atoms with van der Waals surface area (Å²) in [5.41, 5.74) is 2.33. The topological polar surface area (TPSA) is 54.3 Å². The van der Waals surface area contributed by atoms with Gasteiger partial charge in [0.2, 0.25) is 0 Å². The summed E-state index contributed by atoms with van der Waals surface area (Å²) < 4.78 is 1.69. The highest BCUT2D eigenvalue weighted by atomic mass is 35.5. The molecule has 1 aromatic heterocycles. The first-order chi connectivity index (χ1) is 9.60. The van der Waals surface area contributed by atoms with Crippen LogP contribution >= 0.6 is 11.6 Å². The number of aliphatic hydroxyl groups is 1. The molecule has 1 aromatic carbocycles. The van der Waals surface area contributed by atoms with Crippen molar-refractivity contribution in [2.24, 2.45) is 7.05 Å². The Morgan fingerprint density at radius 3 is 2.85 bits per heavy atom. The smallest absolute Gasteiger partial charge is 0.272 e. The second-order valence-electron chi connectivity index (χ2n) is 4.64. The number of benzene rings is 1. The number of nitrogens with zero attached hydrogens (tertiary/aromatic N) is 1. The van der Waals surface area contributed by atoms with Gasteiger partial charge in [-0.3, -0.25) is 4.79 Å². The Morgan fingerprint density at radius 1 is 1.40 bits per heavy atom. The average molecular weight is 293 g/mol. The SMILES string of the molecule is Cn1cc(Cl)cc1C(=O)Nc1cccc(CCCO)c1. The summed E-state index contributed by atoms with van der Waals surface area (Å²) in [6, 6.07) is 9.25. The molecule has 106 valence electrons. The van der Waals surface area contributed by atoms with Crippen molar-refractivity contribution in [2.75, 3.05) is 11.9 Å². The lowest BCUT2D eigenvalue weighted by Gasteiger charge is -2.08. The van der Waals surface area contributed by atoms with Gasteiger partial charge in [0.25, 0.3) is 5.91 Å². The number of halogens is 1. The molecule has 0 aliphatic rings. The first-order valence-corrected chi connectivity index (χ1v) is 6.81. The molecule has 1 amide bonds. The second kappa shape index (κ2) is 6.59. The molecule has 2 N–H and O–H groups in total. The number of aromatic nitrogens is 1. The van der Waals surface area contributed by atoms with E-state index < -0.39 is 0 Å². The van der Waals surface area contributed by atoms with Crippen molar-refractivity contribution in [3.63, 3.8) is 0 Å². The lowest BCUT2D eigenvalue weighted by molar-refractivity contribution is 0.101. The van der Waals surface area contributed by atoms with Crippen molar-refractivity contribution in [3.05, 3.63) is 52.8 Å². The van der Waals surface area contributed by atoms with E-state index in [1.54, 1.807) is 23.9 Å². The number of aryl methyl sites for hydroxylation is 2. The molecule has 20 heavy (non-hydrogen) atoms. The summed E-state index contributed by atoms with van der Waals surface area (Å²) in [6.07, 6.45) is 3.19. The molecule has 0 saturated carbocycles. The molecule has 0 atom stereocenters. The largest absolute Gasteiger partial charge is 0.396 e. The van der Waals surface area contributed by atoms with Crippen molar-refractivity contribution in [1.82, 2.24) is 4.57 Å². The van der Waals surface area contributed by atoms with E-state index in [2.05, 4.69) is 5.32 Å². The number of anilines is 1. The van der Waals surface area contributed by atoms with Gasteiger partial charge >= 0.3 is 0 Å². The van der Waals surface area contributed by atoms with Crippen LogP contribution in [0.3, 0.4) is 0 Å². The van der Waals surface area contributed by atoms with Crippen molar-refractivity contribution >= 4 is 23.2 Å². The molecule has 2 aromatic rings. The molecular formula is C15H17ClN2O2. The van der Waals surface area contributed by atoms with Gasteiger partial charge < -0.3 is 15.0 Å². The van der Waals surface area contributed by atoms with Crippen LogP contribution in [0, 0.1) is 0 Å². The van der Waals surface area contributed by atoms with Crippen LogP contribution in [0.4, 0.5) is 5.69 Å². The van der Waals surface area contributed by atoms with Crippen LogP contribution in [0.15, 0.2) is 36.5 Å². The predicted octanol–water partition coefficient (Wildman–Crippen LogP) is 2.86. The fourth-order valence-corrected chi connectivity index (χ4v) is 2.28. The number of amides is 1. The third-order valence-corrected chi connectivity index (χ3v) is 3.22. The summed E-state index contributed by atoms with van der Waals surface area (Å²) in [5, 5.41) is 12.2. The van der Waals surface area contributed by atoms with E-state index in [4.69, 9.17) is 16.7 Å². The van der Waals surface area contributed by atoms with Crippen LogP contribution in [0.25, 0.3) is 0 Å². The highest BCUT2D eigenvalue weighted by molar-refractivity contribution is 6.31. The lowest BCUT2D eigenvalue weighted by Crippen LogP contribution is -2.15. The third kappa shape index (κ3) is 3.62. The summed E-state index contributed by atoms with van der Waals surface area (Å²) in [4.78, 5) is 12.1. The Labute approximate surface area is 123 Å². The van der Waals surface area contributed by atoms with Gasteiger partial charge in [-0.1, -0.05) is 23.7 Å². The number of rotatable bonds is 5. The molecule has 0 aliphatic carbocycles. The number of carbonyl (C=O) groups is 1. The summed E-state index contributed by atoms with van der Waals surface area (Å²) in [6.45, 7) is 0.165. The fourth-order valence-electron chi connectivity index (χ4n) is 2.03. The van der Waals surface area contributed by atoms with Gasteiger partial charge in [-0.15, -0.1) is 0 Å². The van der Waals surface area contributed by atoms with E-state index in [-0.39, 0.29) is 12.5 Å². The minimum absolute atomic E-state index is 0.165. The van der Waals surface area contributed by atoms with Crippen molar-refractivity contribution in [3.8, 4) is 0 Å². The Hall–Kier alpha value is -1.78. The maximum Gasteiger partial charge on any atom is 0.272 e. The standard InChI is InChI=1S/C15H17ClN2O2/c1-18-10-12(16)9-14(18)15(20)17-13-6-2-4-11(8-13)5-3-7-19/h2,4,6,8-10,19H,3,5,7H2,1H3,(H,17,20). The Balaban J connectivity index is 2.09. The molecule has 0 bridgehead atoms. The third-order valence-electron chi connectivity index (χ3n) is 3.01. The minimum Gasteiger partial charge on any atom is -0.396 e. The zero-order valence-corrected chi connectivity index (χ0v) is 12.0. The van der Waals surface area contributed by atoms with E-state index in [0.29, 0.717) is 17.1 Å². The van der Waals surface area contributed by atoms with E-state index >= 15 is 0 Å². The maximum atomic E-state index is 12.1. The van der Waals surface area contributed by atoms with Gasteiger partial charge in [0.1, 0.15) is 5.69 Å². The van der Waals surface area contributed by atoms with Crippen molar-refractivity contribution < 1.29 is 9.90 Å². The molecule has 0 aliphatic heterocycles. The Morgan fingerprint density at radius 2 is 2.20 bits per heavy atom. The molecule has 2 rings (SSSR count). The lowest BCUT2D eigenvalue weighted by atomic mass is 10.1.